The molecule has 1 fully saturated rings. The van der Waals surface area contributed by atoms with Gasteiger partial charge in [0.25, 0.3) is 0 Å². The Kier molecular flexibility index (Phi) is 4.86. The van der Waals surface area contributed by atoms with Crippen LogP contribution in [-0.2, 0) is 0 Å². The van der Waals surface area contributed by atoms with Crippen LogP contribution < -0.4 is 5.32 Å². The Balaban J connectivity index is 1.87. The van der Waals surface area contributed by atoms with Gasteiger partial charge in [0, 0.05) is 6.04 Å². The van der Waals surface area contributed by atoms with Crippen molar-refractivity contribution in [2.24, 2.45) is 5.92 Å². The standard InChI is InChI=1S/C11H15Cl2NS2/c1-7(9-4-10(12)16-11(9)13)14-5-8-2-3-15-6-8/h4,7-8,14H,2-3,5-6H2,1H3. The minimum atomic E-state index is 0.293. The van der Waals surface area contributed by atoms with Crippen molar-refractivity contribution in [3.05, 3.63) is 20.3 Å². The average Bonchev–Trinajstić information content (AvgIpc) is 2.84. The van der Waals surface area contributed by atoms with E-state index in [0.717, 1.165) is 26.7 Å². The van der Waals surface area contributed by atoms with Gasteiger partial charge in [0.05, 0.1) is 8.67 Å². The van der Waals surface area contributed by atoms with Crippen LogP contribution in [0.4, 0.5) is 0 Å². The largest absolute Gasteiger partial charge is 0.310 e. The van der Waals surface area contributed by atoms with Crippen molar-refractivity contribution in [3.8, 4) is 0 Å². The van der Waals surface area contributed by atoms with Crippen LogP contribution in [0.3, 0.4) is 0 Å². The van der Waals surface area contributed by atoms with Crippen LogP contribution >= 0.6 is 46.3 Å². The molecule has 1 nitrogen and oxygen atoms in total. The van der Waals surface area contributed by atoms with Gasteiger partial charge >= 0.3 is 0 Å². The highest BCUT2D eigenvalue weighted by Crippen LogP contribution is 2.35. The molecule has 0 spiro atoms. The summed E-state index contributed by atoms with van der Waals surface area (Å²) in [6.45, 7) is 3.23. The average molecular weight is 296 g/mol. The lowest BCUT2D eigenvalue weighted by Crippen LogP contribution is -2.25. The van der Waals surface area contributed by atoms with Crippen molar-refractivity contribution in [2.45, 2.75) is 19.4 Å². The summed E-state index contributed by atoms with van der Waals surface area (Å²) in [5.41, 5.74) is 1.13. The Morgan fingerprint density at radius 1 is 1.56 bits per heavy atom. The molecule has 2 atom stereocenters. The predicted molar refractivity (Wildman–Crippen MR) is 76.2 cm³/mol. The summed E-state index contributed by atoms with van der Waals surface area (Å²) in [5, 5.41) is 3.55. The van der Waals surface area contributed by atoms with Crippen molar-refractivity contribution < 1.29 is 0 Å². The first kappa shape index (κ1) is 13.0. The van der Waals surface area contributed by atoms with Gasteiger partial charge in [-0.3, -0.25) is 0 Å². The van der Waals surface area contributed by atoms with Crippen LogP contribution in [0, 0.1) is 5.92 Å². The second kappa shape index (κ2) is 5.96. The molecule has 2 unspecified atom stereocenters. The zero-order chi connectivity index (χ0) is 11.5. The summed E-state index contributed by atoms with van der Waals surface area (Å²) in [6, 6.07) is 2.26. The molecule has 0 aliphatic carbocycles. The zero-order valence-corrected chi connectivity index (χ0v) is 12.3. The lowest BCUT2D eigenvalue weighted by molar-refractivity contribution is 0.478. The molecule has 0 aromatic carbocycles. The maximum absolute atomic E-state index is 6.13. The molecular formula is C11H15Cl2NS2. The normalized spacial score (nSPS) is 22.6. The van der Waals surface area contributed by atoms with E-state index in [1.807, 2.05) is 6.07 Å². The topological polar surface area (TPSA) is 12.0 Å². The van der Waals surface area contributed by atoms with Crippen molar-refractivity contribution in [1.29, 1.82) is 0 Å². The third-order valence-electron chi connectivity index (χ3n) is 2.89. The summed E-state index contributed by atoms with van der Waals surface area (Å²) in [6.07, 6.45) is 1.34. The van der Waals surface area contributed by atoms with Gasteiger partial charge in [-0.1, -0.05) is 23.2 Å². The quantitative estimate of drug-likeness (QED) is 0.880. The highest BCUT2D eigenvalue weighted by atomic mass is 35.5. The second-order valence-corrected chi connectivity index (χ2v) is 7.57. The number of nitrogens with one attached hydrogen (secondary N) is 1. The fourth-order valence-corrected chi connectivity index (χ4v) is 4.78. The molecule has 0 bridgehead atoms. The third-order valence-corrected chi connectivity index (χ3v) is 5.64. The molecule has 1 N–H and O–H groups in total. The minimum Gasteiger partial charge on any atom is -0.310 e. The molecule has 0 amide bonds. The first-order valence-corrected chi connectivity index (χ1v) is 8.15. The van der Waals surface area contributed by atoms with Gasteiger partial charge < -0.3 is 5.32 Å². The Morgan fingerprint density at radius 2 is 2.38 bits per heavy atom. The number of halogens is 2. The van der Waals surface area contributed by atoms with E-state index in [0.29, 0.717) is 6.04 Å². The molecule has 5 heteroatoms. The van der Waals surface area contributed by atoms with Crippen LogP contribution in [-0.4, -0.2) is 18.1 Å². The molecule has 1 aromatic heterocycles. The molecule has 2 heterocycles. The van der Waals surface area contributed by atoms with E-state index in [1.165, 1.54) is 29.3 Å². The molecule has 0 radical (unpaired) electrons. The summed E-state index contributed by atoms with van der Waals surface area (Å²) in [4.78, 5) is 0. The fraction of sp³-hybridized carbons (Fsp3) is 0.636. The Bertz CT molecular complexity index is 348. The van der Waals surface area contributed by atoms with E-state index in [9.17, 15) is 0 Å². The van der Waals surface area contributed by atoms with Crippen LogP contribution in [0.1, 0.15) is 24.9 Å². The van der Waals surface area contributed by atoms with E-state index < -0.39 is 0 Å². The van der Waals surface area contributed by atoms with Crippen LogP contribution in [0.25, 0.3) is 0 Å². The van der Waals surface area contributed by atoms with Crippen molar-refractivity contribution >= 4 is 46.3 Å². The molecular weight excluding hydrogens is 281 g/mol. The molecule has 1 aliphatic rings. The summed E-state index contributed by atoms with van der Waals surface area (Å²) < 4.78 is 1.58. The number of hydrogen-bond donors (Lipinski definition) is 1. The monoisotopic (exact) mass is 295 g/mol. The fourth-order valence-electron chi connectivity index (χ4n) is 1.85. The van der Waals surface area contributed by atoms with Crippen molar-refractivity contribution in [2.75, 3.05) is 18.1 Å². The molecule has 90 valence electrons. The van der Waals surface area contributed by atoms with E-state index in [1.54, 1.807) is 0 Å². The van der Waals surface area contributed by atoms with Crippen molar-refractivity contribution in [3.63, 3.8) is 0 Å². The van der Waals surface area contributed by atoms with Gasteiger partial charge in [0.2, 0.25) is 0 Å². The van der Waals surface area contributed by atoms with Gasteiger partial charge in [-0.15, -0.1) is 11.3 Å². The summed E-state index contributed by atoms with van der Waals surface area (Å²) >= 11 is 15.6. The highest BCUT2D eigenvalue weighted by Gasteiger charge is 2.18. The minimum absolute atomic E-state index is 0.293. The molecule has 1 aliphatic heterocycles. The molecule has 1 aromatic rings. The van der Waals surface area contributed by atoms with Gasteiger partial charge in [0.15, 0.2) is 0 Å². The third kappa shape index (κ3) is 3.30. The molecule has 1 saturated heterocycles. The first-order chi connectivity index (χ1) is 7.66. The number of hydrogen-bond acceptors (Lipinski definition) is 3. The molecule has 0 saturated carbocycles. The molecule has 2 rings (SSSR count). The van der Waals surface area contributed by atoms with Crippen molar-refractivity contribution in [1.82, 2.24) is 5.32 Å². The van der Waals surface area contributed by atoms with Gasteiger partial charge in [0.1, 0.15) is 0 Å². The number of rotatable bonds is 4. The van der Waals surface area contributed by atoms with Gasteiger partial charge in [-0.05, 0) is 48.9 Å². The predicted octanol–water partition coefficient (Wildman–Crippen LogP) is 4.46. The van der Waals surface area contributed by atoms with E-state index in [4.69, 9.17) is 23.2 Å². The van der Waals surface area contributed by atoms with Crippen LogP contribution in [0.5, 0.6) is 0 Å². The van der Waals surface area contributed by atoms with Gasteiger partial charge in [-0.25, -0.2) is 0 Å². The highest BCUT2D eigenvalue weighted by molar-refractivity contribution is 7.99. The van der Waals surface area contributed by atoms with E-state index >= 15 is 0 Å². The zero-order valence-electron chi connectivity index (χ0n) is 9.13. The van der Waals surface area contributed by atoms with Gasteiger partial charge in [-0.2, -0.15) is 11.8 Å². The Morgan fingerprint density at radius 3 is 2.94 bits per heavy atom. The smallest absolute Gasteiger partial charge is 0.0991 e. The van der Waals surface area contributed by atoms with E-state index in [-0.39, 0.29) is 0 Å². The van der Waals surface area contributed by atoms with E-state index in [2.05, 4.69) is 24.0 Å². The number of thiophene rings is 1. The SMILES string of the molecule is CC(NCC1CCSC1)c1cc(Cl)sc1Cl. The van der Waals surface area contributed by atoms with Crippen LogP contribution in [0.15, 0.2) is 6.07 Å². The number of thioether (sulfide) groups is 1. The Hall–Kier alpha value is 0.590. The lowest BCUT2D eigenvalue weighted by atomic mass is 10.1. The summed E-state index contributed by atoms with van der Waals surface area (Å²) in [7, 11) is 0. The molecule has 16 heavy (non-hydrogen) atoms. The lowest BCUT2D eigenvalue weighted by Gasteiger charge is -2.16. The first-order valence-electron chi connectivity index (χ1n) is 5.42. The maximum atomic E-state index is 6.13. The summed E-state index contributed by atoms with van der Waals surface area (Å²) in [5.74, 6) is 3.42. The van der Waals surface area contributed by atoms with Crippen LogP contribution in [0.2, 0.25) is 8.67 Å². The Labute approximate surface area is 115 Å². The maximum Gasteiger partial charge on any atom is 0.0991 e. The second-order valence-electron chi connectivity index (χ2n) is 4.14.